The van der Waals surface area contributed by atoms with Crippen molar-refractivity contribution in [2.75, 3.05) is 13.7 Å². The fourth-order valence-electron chi connectivity index (χ4n) is 2.39. The summed E-state index contributed by atoms with van der Waals surface area (Å²) in [5.41, 5.74) is 1.41. The molecule has 2 aliphatic carbocycles. The second kappa shape index (κ2) is 4.62. The zero-order chi connectivity index (χ0) is 11.8. The van der Waals surface area contributed by atoms with Gasteiger partial charge in [0.1, 0.15) is 5.75 Å². The molecule has 1 aromatic rings. The van der Waals surface area contributed by atoms with Gasteiger partial charge in [-0.05, 0) is 61.4 Å². The molecule has 2 fully saturated rings. The van der Waals surface area contributed by atoms with E-state index < -0.39 is 0 Å². The van der Waals surface area contributed by atoms with Gasteiger partial charge < -0.3 is 10.1 Å². The molecule has 0 saturated heterocycles. The predicted octanol–water partition coefficient (Wildman–Crippen LogP) is 3.31. The molecule has 2 atom stereocenters. The van der Waals surface area contributed by atoms with Crippen LogP contribution in [0.15, 0.2) is 22.7 Å². The third-order valence-electron chi connectivity index (χ3n) is 3.77. The maximum absolute atomic E-state index is 5.29. The molecule has 2 saturated carbocycles. The lowest BCUT2D eigenvalue weighted by Gasteiger charge is -2.07. The van der Waals surface area contributed by atoms with Crippen LogP contribution in [-0.2, 0) is 0 Å². The van der Waals surface area contributed by atoms with Crippen LogP contribution in [0.2, 0.25) is 0 Å². The van der Waals surface area contributed by atoms with Crippen molar-refractivity contribution >= 4 is 15.9 Å². The van der Waals surface area contributed by atoms with E-state index in [-0.39, 0.29) is 0 Å². The Balaban J connectivity index is 1.63. The van der Waals surface area contributed by atoms with Gasteiger partial charge in [0.15, 0.2) is 0 Å². The molecule has 92 valence electrons. The van der Waals surface area contributed by atoms with Crippen LogP contribution in [0.4, 0.5) is 0 Å². The summed E-state index contributed by atoms with van der Waals surface area (Å²) in [5.74, 6) is 2.49. The van der Waals surface area contributed by atoms with Gasteiger partial charge in [0.25, 0.3) is 0 Å². The van der Waals surface area contributed by atoms with Crippen LogP contribution < -0.4 is 10.1 Å². The monoisotopic (exact) mass is 295 g/mol. The molecule has 3 heteroatoms. The van der Waals surface area contributed by atoms with Gasteiger partial charge in [-0.15, -0.1) is 0 Å². The molecule has 1 N–H and O–H groups in total. The Hall–Kier alpha value is -0.540. The standard InChI is InChI=1S/C14H18BrNO/c1-17-11-4-5-14(15)13(7-11)12-6-9(12)8-16-10-2-3-10/h4-5,7,9-10,12,16H,2-3,6,8H2,1H3. The van der Waals surface area contributed by atoms with Crippen LogP contribution >= 0.6 is 15.9 Å². The zero-order valence-corrected chi connectivity index (χ0v) is 11.7. The number of benzene rings is 1. The minimum Gasteiger partial charge on any atom is -0.497 e. The van der Waals surface area contributed by atoms with Crippen LogP contribution in [-0.4, -0.2) is 19.7 Å². The summed E-state index contributed by atoms with van der Waals surface area (Å²) in [4.78, 5) is 0. The molecule has 0 amide bonds. The summed E-state index contributed by atoms with van der Waals surface area (Å²) in [5, 5.41) is 3.62. The van der Waals surface area contributed by atoms with Gasteiger partial charge >= 0.3 is 0 Å². The Labute approximate surface area is 111 Å². The normalized spacial score (nSPS) is 26.9. The Morgan fingerprint density at radius 1 is 1.41 bits per heavy atom. The number of ether oxygens (including phenoxy) is 1. The van der Waals surface area contributed by atoms with Gasteiger partial charge in [-0.25, -0.2) is 0 Å². The first-order valence-corrected chi connectivity index (χ1v) is 7.14. The molecule has 17 heavy (non-hydrogen) atoms. The van der Waals surface area contributed by atoms with Gasteiger partial charge in [-0.1, -0.05) is 15.9 Å². The quantitative estimate of drug-likeness (QED) is 0.900. The summed E-state index contributed by atoms with van der Waals surface area (Å²) in [6.07, 6.45) is 4.06. The van der Waals surface area contributed by atoms with E-state index in [0.717, 1.165) is 17.7 Å². The lowest BCUT2D eigenvalue weighted by molar-refractivity contribution is 0.414. The van der Waals surface area contributed by atoms with Crippen LogP contribution in [0.1, 0.15) is 30.7 Å². The van der Waals surface area contributed by atoms with Crippen LogP contribution in [0.25, 0.3) is 0 Å². The highest BCUT2D eigenvalue weighted by atomic mass is 79.9. The molecule has 0 aliphatic heterocycles. The SMILES string of the molecule is COc1ccc(Br)c(C2CC2CNC2CC2)c1. The summed E-state index contributed by atoms with van der Waals surface area (Å²) < 4.78 is 6.51. The molecule has 0 spiro atoms. The van der Waals surface area contributed by atoms with Gasteiger partial charge in [0, 0.05) is 10.5 Å². The van der Waals surface area contributed by atoms with Gasteiger partial charge in [0.2, 0.25) is 0 Å². The summed E-state index contributed by atoms with van der Waals surface area (Å²) in [7, 11) is 1.73. The van der Waals surface area contributed by atoms with Crippen molar-refractivity contribution in [1.82, 2.24) is 5.32 Å². The van der Waals surface area contributed by atoms with Crippen molar-refractivity contribution in [3.05, 3.63) is 28.2 Å². The number of hydrogen-bond donors (Lipinski definition) is 1. The molecule has 0 radical (unpaired) electrons. The smallest absolute Gasteiger partial charge is 0.119 e. The molecular weight excluding hydrogens is 278 g/mol. The maximum atomic E-state index is 5.29. The number of hydrogen-bond acceptors (Lipinski definition) is 2. The lowest BCUT2D eigenvalue weighted by atomic mass is 10.1. The van der Waals surface area contributed by atoms with Crippen LogP contribution in [0.5, 0.6) is 5.75 Å². The summed E-state index contributed by atoms with van der Waals surface area (Å²) in [6.45, 7) is 1.18. The molecule has 3 rings (SSSR count). The van der Waals surface area contributed by atoms with E-state index in [4.69, 9.17) is 4.74 Å². The second-order valence-electron chi connectivity index (χ2n) is 5.17. The minimum absolute atomic E-state index is 0.714. The number of nitrogens with one attached hydrogen (secondary N) is 1. The van der Waals surface area contributed by atoms with Gasteiger partial charge in [0.05, 0.1) is 7.11 Å². The van der Waals surface area contributed by atoms with Crippen LogP contribution in [0.3, 0.4) is 0 Å². The molecule has 2 unspecified atom stereocenters. The van der Waals surface area contributed by atoms with Crippen LogP contribution in [0, 0.1) is 5.92 Å². The van der Waals surface area contributed by atoms with Crippen molar-refractivity contribution in [1.29, 1.82) is 0 Å². The van der Waals surface area contributed by atoms with Crippen molar-refractivity contribution in [3.63, 3.8) is 0 Å². The topological polar surface area (TPSA) is 21.3 Å². The molecule has 0 bridgehead atoms. The average Bonchev–Trinajstić information content (AvgIpc) is 3.22. The minimum atomic E-state index is 0.714. The number of rotatable bonds is 5. The average molecular weight is 296 g/mol. The third kappa shape index (κ3) is 2.66. The highest BCUT2D eigenvalue weighted by molar-refractivity contribution is 9.10. The Morgan fingerprint density at radius 2 is 2.24 bits per heavy atom. The number of halogens is 1. The highest BCUT2D eigenvalue weighted by Crippen LogP contribution is 2.50. The van der Waals surface area contributed by atoms with Crippen molar-refractivity contribution in [3.8, 4) is 5.75 Å². The van der Waals surface area contributed by atoms with E-state index in [2.05, 4.69) is 33.4 Å². The second-order valence-corrected chi connectivity index (χ2v) is 6.03. The predicted molar refractivity (Wildman–Crippen MR) is 72.6 cm³/mol. The molecule has 0 heterocycles. The Kier molecular flexibility index (Phi) is 3.14. The molecule has 0 aromatic heterocycles. The maximum Gasteiger partial charge on any atom is 0.119 e. The van der Waals surface area contributed by atoms with E-state index in [0.29, 0.717) is 5.92 Å². The van der Waals surface area contributed by atoms with E-state index in [1.165, 1.54) is 35.8 Å². The molecule has 2 nitrogen and oxygen atoms in total. The van der Waals surface area contributed by atoms with E-state index in [1.807, 2.05) is 6.07 Å². The fourth-order valence-corrected chi connectivity index (χ4v) is 2.93. The van der Waals surface area contributed by atoms with Crippen molar-refractivity contribution < 1.29 is 4.74 Å². The molecular formula is C14H18BrNO. The van der Waals surface area contributed by atoms with E-state index in [9.17, 15) is 0 Å². The zero-order valence-electron chi connectivity index (χ0n) is 10.1. The molecule has 1 aromatic carbocycles. The van der Waals surface area contributed by atoms with E-state index >= 15 is 0 Å². The fraction of sp³-hybridized carbons (Fsp3) is 0.571. The first kappa shape index (κ1) is 11.5. The van der Waals surface area contributed by atoms with Crippen molar-refractivity contribution in [2.24, 2.45) is 5.92 Å². The third-order valence-corrected chi connectivity index (χ3v) is 4.49. The van der Waals surface area contributed by atoms with Gasteiger partial charge in [-0.2, -0.15) is 0 Å². The van der Waals surface area contributed by atoms with Gasteiger partial charge in [-0.3, -0.25) is 0 Å². The summed E-state index contributed by atoms with van der Waals surface area (Å²) in [6, 6.07) is 7.10. The first-order chi connectivity index (χ1) is 8.28. The largest absolute Gasteiger partial charge is 0.497 e. The van der Waals surface area contributed by atoms with E-state index in [1.54, 1.807) is 7.11 Å². The number of methoxy groups -OCH3 is 1. The Morgan fingerprint density at radius 3 is 2.94 bits per heavy atom. The first-order valence-electron chi connectivity index (χ1n) is 6.34. The lowest BCUT2D eigenvalue weighted by Crippen LogP contribution is -2.19. The highest BCUT2D eigenvalue weighted by Gasteiger charge is 2.40. The van der Waals surface area contributed by atoms with Crippen molar-refractivity contribution in [2.45, 2.75) is 31.2 Å². The Bertz CT molecular complexity index is 417. The molecule has 2 aliphatic rings. The summed E-state index contributed by atoms with van der Waals surface area (Å²) >= 11 is 3.64.